The topological polar surface area (TPSA) is 44.8 Å². The molecule has 0 aromatic heterocycles. The van der Waals surface area contributed by atoms with Gasteiger partial charge < -0.3 is 19.9 Å². The molecule has 2 rings (SSSR count). The Bertz CT molecular complexity index is 543. The molecule has 0 unspecified atom stereocenters. The molecule has 0 saturated carbocycles. The lowest BCUT2D eigenvalue weighted by atomic mass is 10.1. The molecule has 0 aliphatic carbocycles. The Kier molecular flexibility index (Phi) is 6.99. The van der Waals surface area contributed by atoms with Gasteiger partial charge in [-0.15, -0.1) is 0 Å². The highest BCUT2D eigenvalue weighted by molar-refractivity contribution is 5.99. The van der Waals surface area contributed by atoms with Crippen LogP contribution in [0, 0.1) is 5.82 Å². The van der Waals surface area contributed by atoms with Crippen LogP contribution in [-0.2, 0) is 4.74 Å². The Hall–Kier alpha value is -1.66. The van der Waals surface area contributed by atoms with Crippen LogP contribution in [0.3, 0.4) is 0 Å². The fourth-order valence-corrected chi connectivity index (χ4v) is 2.70. The number of halogens is 1. The largest absolute Gasteiger partial charge is 0.379 e. The summed E-state index contributed by atoms with van der Waals surface area (Å²) in [5.41, 5.74) is 1.21. The van der Waals surface area contributed by atoms with Crippen molar-refractivity contribution in [3.8, 4) is 0 Å². The molecule has 0 spiro atoms. The maximum atomic E-state index is 13.6. The molecule has 6 heteroatoms. The number of hydrogen-bond acceptors (Lipinski definition) is 4. The van der Waals surface area contributed by atoms with Crippen molar-refractivity contribution in [1.82, 2.24) is 10.2 Å². The molecular weight excluding hydrogens is 309 g/mol. The molecule has 0 bridgehead atoms. The Morgan fingerprint density at radius 1 is 1.29 bits per heavy atom. The lowest BCUT2D eigenvalue weighted by Gasteiger charge is -2.35. The smallest absolute Gasteiger partial charge is 0.253 e. The maximum Gasteiger partial charge on any atom is 0.253 e. The van der Waals surface area contributed by atoms with Crippen molar-refractivity contribution in [2.75, 3.05) is 51.3 Å². The van der Waals surface area contributed by atoms with E-state index >= 15 is 0 Å². The van der Waals surface area contributed by atoms with Gasteiger partial charge in [0, 0.05) is 45.0 Å². The van der Waals surface area contributed by atoms with E-state index in [9.17, 15) is 9.18 Å². The Morgan fingerprint density at radius 3 is 2.67 bits per heavy atom. The molecular formula is C18H28FN3O2. The quantitative estimate of drug-likeness (QED) is 0.774. The van der Waals surface area contributed by atoms with Gasteiger partial charge in [0.05, 0.1) is 11.7 Å². The molecule has 0 radical (unpaired) electrons. The molecule has 1 saturated heterocycles. The van der Waals surface area contributed by atoms with E-state index in [0.29, 0.717) is 18.7 Å². The van der Waals surface area contributed by atoms with Gasteiger partial charge in [0.2, 0.25) is 0 Å². The van der Waals surface area contributed by atoms with Gasteiger partial charge in [0.1, 0.15) is 5.82 Å². The monoisotopic (exact) mass is 337 g/mol. The van der Waals surface area contributed by atoms with Crippen LogP contribution < -0.4 is 10.2 Å². The fraction of sp³-hybridized carbons (Fsp3) is 0.611. The van der Waals surface area contributed by atoms with Crippen LogP contribution in [0.4, 0.5) is 10.1 Å². The van der Waals surface area contributed by atoms with Crippen molar-refractivity contribution in [1.29, 1.82) is 0 Å². The van der Waals surface area contributed by atoms with Crippen molar-refractivity contribution in [2.45, 2.75) is 26.4 Å². The number of hydrogen-bond donors (Lipinski definition) is 1. The molecule has 1 N–H and O–H groups in total. The van der Waals surface area contributed by atoms with Gasteiger partial charge in [-0.05, 0) is 45.5 Å². The van der Waals surface area contributed by atoms with Crippen LogP contribution >= 0.6 is 0 Å². The normalized spacial score (nSPS) is 15.8. The number of benzene rings is 1. The van der Waals surface area contributed by atoms with E-state index in [-0.39, 0.29) is 17.8 Å². The fourth-order valence-electron chi connectivity index (χ4n) is 2.70. The summed E-state index contributed by atoms with van der Waals surface area (Å²) >= 11 is 0. The summed E-state index contributed by atoms with van der Waals surface area (Å²) in [4.78, 5) is 16.9. The number of likely N-dealkylation sites (N-methyl/N-ethyl adjacent to an activating group) is 1. The highest BCUT2D eigenvalue weighted by Gasteiger charge is 2.20. The second-order valence-electron chi connectivity index (χ2n) is 6.48. The zero-order chi connectivity index (χ0) is 17.5. The van der Waals surface area contributed by atoms with Crippen LogP contribution in [0.2, 0.25) is 0 Å². The molecule has 0 atom stereocenters. The standard InChI is InChI=1S/C18H28FN3O2/c1-14(2)24-12-4-7-20-18(23)16-13-15(19)5-6-17(16)22-10-8-21(3)9-11-22/h5-6,13-14H,4,7-12H2,1-3H3,(H,20,23). The highest BCUT2D eigenvalue weighted by atomic mass is 19.1. The molecule has 1 amide bonds. The first-order chi connectivity index (χ1) is 11.5. The first-order valence-corrected chi connectivity index (χ1v) is 8.60. The van der Waals surface area contributed by atoms with Gasteiger partial charge in [-0.1, -0.05) is 0 Å². The molecule has 1 fully saturated rings. The van der Waals surface area contributed by atoms with E-state index < -0.39 is 0 Å². The number of ether oxygens (including phenoxy) is 1. The third kappa shape index (κ3) is 5.46. The number of piperazine rings is 1. The number of amides is 1. The van der Waals surface area contributed by atoms with E-state index in [2.05, 4.69) is 22.2 Å². The maximum absolute atomic E-state index is 13.6. The van der Waals surface area contributed by atoms with Crippen molar-refractivity contribution in [3.63, 3.8) is 0 Å². The van der Waals surface area contributed by atoms with Crippen LogP contribution in [0.15, 0.2) is 18.2 Å². The minimum Gasteiger partial charge on any atom is -0.379 e. The van der Waals surface area contributed by atoms with Gasteiger partial charge >= 0.3 is 0 Å². The third-order valence-electron chi connectivity index (χ3n) is 4.11. The summed E-state index contributed by atoms with van der Waals surface area (Å²) in [6, 6.07) is 4.45. The Labute approximate surface area is 143 Å². The molecule has 1 aliphatic heterocycles. The number of anilines is 1. The third-order valence-corrected chi connectivity index (χ3v) is 4.11. The minimum atomic E-state index is -0.388. The number of carbonyl (C=O) groups is 1. The van der Waals surface area contributed by atoms with Crippen LogP contribution in [0.25, 0.3) is 0 Å². The number of carbonyl (C=O) groups excluding carboxylic acids is 1. The van der Waals surface area contributed by atoms with E-state index in [1.807, 2.05) is 13.8 Å². The first-order valence-electron chi connectivity index (χ1n) is 8.60. The second-order valence-corrected chi connectivity index (χ2v) is 6.48. The lowest BCUT2D eigenvalue weighted by molar-refractivity contribution is 0.0757. The summed E-state index contributed by atoms with van der Waals surface area (Å²) in [6.07, 6.45) is 0.927. The van der Waals surface area contributed by atoms with Gasteiger partial charge in [-0.25, -0.2) is 4.39 Å². The highest BCUT2D eigenvalue weighted by Crippen LogP contribution is 2.23. The van der Waals surface area contributed by atoms with Crippen LogP contribution in [0.1, 0.15) is 30.6 Å². The molecule has 24 heavy (non-hydrogen) atoms. The Morgan fingerprint density at radius 2 is 2.00 bits per heavy atom. The summed E-state index contributed by atoms with van der Waals surface area (Å²) < 4.78 is 19.1. The molecule has 134 valence electrons. The van der Waals surface area contributed by atoms with Gasteiger partial charge in [-0.3, -0.25) is 4.79 Å². The van der Waals surface area contributed by atoms with Crippen molar-refractivity contribution in [3.05, 3.63) is 29.6 Å². The van der Waals surface area contributed by atoms with Gasteiger partial charge in [0.25, 0.3) is 5.91 Å². The molecule has 1 aliphatic rings. The summed E-state index contributed by atoms with van der Waals surface area (Å²) in [7, 11) is 2.08. The van der Waals surface area contributed by atoms with Crippen LogP contribution in [0.5, 0.6) is 0 Å². The predicted molar refractivity (Wildman–Crippen MR) is 94.1 cm³/mol. The average molecular weight is 337 g/mol. The van der Waals surface area contributed by atoms with Gasteiger partial charge in [0.15, 0.2) is 0 Å². The first kappa shape index (κ1) is 18.7. The average Bonchev–Trinajstić information content (AvgIpc) is 2.55. The molecule has 5 nitrogen and oxygen atoms in total. The summed E-state index contributed by atoms with van der Waals surface area (Å²) in [5.74, 6) is -0.617. The molecule has 1 heterocycles. The van der Waals surface area contributed by atoms with Gasteiger partial charge in [-0.2, -0.15) is 0 Å². The van der Waals surface area contributed by atoms with E-state index in [1.54, 1.807) is 6.07 Å². The zero-order valence-electron chi connectivity index (χ0n) is 14.8. The predicted octanol–water partition coefficient (Wildman–Crippen LogP) is 2.12. The Balaban J connectivity index is 1.97. The van der Waals surface area contributed by atoms with Crippen molar-refractivity contribution in [2.24, 2.45) is 0 Å². The zero-order valence-corrected chi connectivity index (χ0v) is 14.8. The molecule has 1 aromatic rings. The second kappa shape index (κ2) is 8.99. The number of rotatable bonds is 7. The number of nitrogens with one attached hydrogen (secondary N) is 1. The molecule has 1 aromatic carbocycles. The summed E-state index contributed by atoms with van der Waals surface area (Å²) in [5, 5.41) is 2.87. The van der Waals surface area contributed by atoms with E-state index in [1.165, 1.54) is 12.1 Å². The minimum absolute atomic E-state index is 0.188. The van der Waals surface area contributed by atoms with E-state index in [4.69, 9.17) is 4.74 Å². The van der Waals surface area contributed by atoms with Crippen molar-refractivity contribution < 1.29 is 13.9 Å². The van der Waals surface area contributed by atoms with Crippen molar-refractivity contribution >= 4 is 11.6 Å². The summed E-state index contributed by atoms with van der Waals surface area (Å²) in [6.45, 7) is 8.63. The number of nitrogens with zero attached hydrogens (tertiary/aromatic N) is 2. The lowest BCUT2D eigenvalue weighted by Crippen LogP contribution is -2.45. The van der Waals surface area contributed by atoms with E-state index in [0.717, 1.165) is 38.3 Å². The SMILES string of the molecule is CC(C)OCCCNC(=O)c1cc(F)ccc1N1CCN(C)CC1. The van der Waals surface area contributed by atoms with Crippen LogP contribution in [-0.4, -0.2) is 63.3 Å².